The third-order valence-corrected chi connectivity index (χ3v) is 5.09. The van der Waals surface area contributed by atoms with E-state index in [1.165, 1.54) is 12.1 Å². The second-order valence-electron chi connectivity index (χ2n) is 7.78. The number of H-pyrrole nitrogens is 1. The Morgan fingerprint density at radius 3 is 2.54 bits per heavy atom. The Hall–Kier alpha value is -2.83. The molecule has 2 heterocycles. The summed E-state index contributed by atoms with van der Waals surface area (Å²) in [5, 5.41) is 0. The number of anilines is 1. The van der Waals surface area contributed by atoms with Crippen LogP contribution in [0.25, 0.3) is 0 Å². The van der Waals surface area contributed by atoms with Crippen molar-refractivity contribution < 1.29 is 9.18 Å². The van der Waals surface area contributed by atoms with Crippen molar-refractivity contribution in [2.75, 3.05) is 5.73 Å². The molecule has 26 heavy (non-hydrogen) atoms. The van der Waals surface area contributed by atoms with Crippen LogP contribution in [0.3, 0.4) is 0 Å². The quantitative estimate of drug-likeness (QED) is 0.822. The Labute approximate surface area is 149 Å². The molecular weight excluding hydrogens is 335 g/mol. The first-order valence-corrected chi connectivity index (χ1v) is 8.50. The number of fused-ring (bicyclic) bond motifs is 2. The maximum atomic E-state index is 13.4. The van der Waals surface area contributed by atoms with E-state index in [9.17, 15) is 14.0 Å². The fraction of sp³-hybridized carbons (Fsp3) is 0.368. The van der Waals surface area contributed by atoms with Crippen LogP contribution < -0.4 is 11.3 Å². The van der Waals surface area contributed by atoms with Crippen molar-refractivity contribution in [3.05, 3.63) is 51.6 Å². The summed E-state index contributed by atoms with van der Waals surface area (Å²) in [7, 11) is 0. The van der Waals surface area contributed by atoms with E-state index >= 15 is 0 Å². The number of hydrogen-bond acceptors (Lipinski definition) is 5. The van der Waals surface area contributed by atoms with Gasteiger partial charge in [-0.1, -0.05) is 26.0 Å². The van der Waals surface area contributed by atoms with Gasteiger partial charge in [0.25, 0.3) is 5.56 Å². The zero-order valence-corrected chi connectivity index (χ0v) is 14.5. The van der Waals surface area contributed by atoms with Gasteiger partial charge in [-0.3, -0.25) is 14.6 Å². The molecule has 0 radical (unpaired) electrons. The second kappa shape index (κ2) is 5.59. The number of aliphatic imine (C=N–C) groups is 1. The molecule has 6 nitrogen and oxygen atoms in total. The number of aromatic nitrogens is 2. The van der Waals surface area contributed by atoms with Crippen molar-refractivity contribution in [1.82, 2.24) is 9.97 Å². The normalized spacial score (nSPS) is 23.8. The zero-order valence-electron chi connectivity index (χ0n) is 14.5. The number of Topliss-reactive ketones (excluding diaryl/α,β-unsaturated/α-hetero) is 1. The molecule has 0 amide bonds. The Morgan fingerprint density at radius 2 is 1.85 bits per heavy atom. The minimum atomic E-state index is -0.543. The number of nitrogens with two attached hydrogens (primary N) is 1. The topological polar surface area (TPSA) is 101 Å². The summed E-state index contributed by atoms with van der Waals surface area (Å²) >= 11 is 0. The van der Waals surface area contributed by atoms with E-state index in [1.807, 2.05) is 13.8 Å². The van der Waals surface area contributed by atoms with Gasteiger partial charge in [-0.25, -0.2) is 9.38 Å². The molecule has 4 rings (SSSR count). The van der Waals surface area contributed by atoms with E-state index < -0.39 is 17.4 Å². The largest absolute Gasteiger partial charge is 0.369 e. The van der Waals surface area contributed by atoms with Crippen LogP contribution in [0.5, 0.6) is 0 Å². The first kappa shape index (κ1) is 16.6. The number of rotatable bonds is 1. The highest BCUT2D eigenvalue weighted by Gasteiger charge is 2.46. The molecule has 1 aromatic carbocycles. The number of nitrogen functional groups attached to an aromatic ring is 1. The van der Waals surface area contributed by atoms with Gasteiger partial charge in [0.05, 0.1) is 11.5 Å². The summed E-state index contributed by atoms with van der Waals surface area (Å²) in [6.45, 7) is 4.04. The number of carbonyl (C=O) groups is 1. The molecular formula is C19H19FN4O2. The first-order valence-electron chi connectivity index (χ1n) is 8.50. The first-order chi connectivity index (χ1) is 12.2. The van der Waals surface area contributed by atoms with Gasteiger partial charge in [0, 0.05) is 18.1 Å². The van der Waals surface area contributed by atoms with Gasteiger partial charge < -0.3 is 5.73 Å². The number of hydrogen-bond donors (Lipinski definition) is 2. The monoisotopic (exact) mass is 354 g/mol. The average Bonchev–Trinajstić information content (AvgIpc) is 2.52. The molecule has 2 aromatic rings. The number of halogens is 1. The number of aromatic amines is 1. The molecule has 1 fully saturated rings. The highest BCUT2D eigenvalue weighted by atomic mass is 19.1. The lowest BCUT2D eigenvalue weighted by molar-refractivity contribution is -0.124. The van der Waals surface area contributed by atoms with Crippen molar-refractivity contribution in [1.29, 1.82) is 0 Å². The summed E-state index contributed by atoms with van der Waals surface area (Å²) in [6.07, 6.45) is 1.04. The molecule has 1 aliphatic carbocycles. The summed E-state index contributed by atoms with van der Waals surface area (Å²) in [5.74, 6) is -1.19. The minimum absolute atomic E-state index is 0.0178. The molecule has 0 saturated heterocycles. The van der Waals surface area contributed by atoms with Crippen molar-refractivity contribution in [3.8, 4) is 0 Å². The highest BCUT2D eigenvalue weighted by molar-refractivity contribution is 6.11. The number of nitrogens with one attached hydrogen (secondary N) is 1. The third kappa shape index (κ3) is 2.64. The van der Waals surface area contributed by atoms with Gasteiger partial charge >= 0.3 is 0 Å². The van der Waals surface area contributed by atoms with Crippen LogP contribution in [0.2, 0.25) is 0 Å². The van der Waals surface area contributed by atoms with E-state index in [2.05, 4.69) is 15.0 Å². The summed E-state index contributed by atoms with van der Waals surface area (Å²) in [4.78, 5) is 36.8. The highest BCUT2D eigenvalue weighted by Crippen LogP contribution is 2.47. The molecule has 2 aliphatic rings. The van der Waals surface area contributed by atoms with Crippen LogP contribution in [0.15, 0.2) is 34.1 Å². The van der Waals surface area contributed by atoms with Crippen LogP contribution in [-0.4, -0.2) is 21.5 Å². The van der Waals surface area contributed by atoms with Gasteiger partial charge in [-0.15, -0.1) is 0 Å². The van der Waals surface area contributed by atoms with Crippen LogP contribution in [-0.2, 0) is 4.79 Å². The Bertz CT molecular complexity index is 992. The minimum Gasteiger partial charge on any atom is -0.369 e. The molecule has 3 N–H and O–H groups in total. The molecule has 7 heteroatoms. The number of ketones is 1. The lowest BCUT2D eigenvalue weighted by Crippen LogP contribution is -2.44. The van der Waals surface area contributed by atoms with Gasteiger partial charge in [0.15, 0.2) is 5.82 Å². The van der Waals surface area contributed by atoms with Gasteiger partial charge in [-0.05, 0) is 29.5 Å². The van der Waals surface area contributed by atoms with Crippen molar-refractivity contribution in [2.24, 2.45) is 16.3 Å². The summed E-state index contributed by atoms with van der Waals surface area (Å²) in [5.41, 5.74) is 6.78. The lowest BCUT2D eigenvalue weighted by Gasteiger charge is -2.40. The Kier molecular flexibility index (Phi) is 3.57. The van der Waals surface area contributed by atoms with Crippen molar-refractivity contribution in [2.45, 2.75) is 32.6 Å². The van der Waals surface area contributed by atoms with Crippen molar-refractivity contribution in [3.63, 3.8) is 0 Å². The molecule has 0 spiro atoms. The van der Waals surface area contributed by atoms with E-state index in [4.69, 9.17) is 5.73 Å². The van der Waals surface area contributed by atoms with E-state index in [1.54, 1.807) is 12.1 Å². The molecule has 2 unspecified atom stereocenters. The molecule has 1 saturated carbocycles. The average molecular weight is 354 g/mol. The van der Waals surface area contributed by atoms with Crippen LogP contribution in [0.1, 0.15) is 43.7 Å². The molecule has 0 bridgehead atoms. The molecule has 1 aromatic heterocycles. The summed E-state index contributed by atoms with van der Waals surface area (Å²) in [6, 6.07) is 5.87. The van der Waals surface area contributed by atoms with E-state index in [0.717, 1.165) is 0 Å². The molecule has 1 aliphatic heterocycles. The third-order valence-electron chi connectivity index (χ3n) is 5.09. The van der Waals surface area contributed by atoms with E-state index in [0.29, 0.717) is 29.7 Å². The maximum Gasteiger partial charge on any atom is 0.258 e. The molecule has 2 atom stereocenters. The van der Waals surface area contributed by atoms with Gasteiger partial charge in [0.1, 0.15) is 11.6 Å². The van der Waals surface area contributed by atoms with E-state index in [-0.39, 0.29) is 28.8 Å². The maximum absolute atomic E-state index is 13.4. The Balaban J connectivity index is 1.97. The fourth-order valence-corrected chi connectivity index (χ4v) is 4.10. The summed E-state index contributed by atoms with van der Waals surface area (Å²) < 4.78 is 13.4. The Morgan fingerprint density at radius 1 is 1.15 bits per heavy atom. The van der Waals surface area contributed by atoms with Crippen LogP contribution in [0, 0.1) is 17.2 Å². The van der Waals surface area contributed by atoms with Crippen molar-refractivity contribution >= 4 is 23.3 Å². The van der Waals surface area contributed by atoms with Crippen LogP contribution >= 0.6 is 0 Å². The van der Waals surface area contributed by atoms with Gasteiger partial charge in [0.2, 0.25) is 5.95 Å². The SMILES string of the molecule is CC1(C)CC(=O)C2C(=Nc3nc(N)[nH]c(=O)c3C2c2ccc(F)cc2)C1. The number of nitrogens with zero attached hydrogens (tertiary/aromatic N) is 2. The standard InChI is InChI=1S/C19H19FN4O2/c1-19(2)7-11-14(12(25)8-19)13(9-3-5-10(20)6-4-9)15-16(22-11)23-18(21)24-17(15)26/h3-6,13-14H,7-8H2,1-2H3,(H3,21,23,24,26). The van der Waals surface area contributed by atoms with Crippen LogP contribution in [0.4, 0.5) is 16.2 Å². The number of benzene rings is 1. The van der Waals surface area contributed by atoms with Gasteiger partial charge in [-0.2, -0.15) is 4.98 Å². The zero-order chi connectivity index (χ0) is 18.6. The number of carbonyl (C=O) groups excluding carboxylic acids is 1. The lowest BCUT2D eigenvalue weighted by atomic mass is 9.64. The fourth-order valence-electron chi connectivity index (χ4n) is 4.10. The predicted molar refractivity (Wildman–Crippen MR) is 96.1 cm³/mol. The smallest absolute Gasteiger partial charge is 0.258 e. The second-order valence-corrected chi connectivity index (χ2v) is 7.78. The molecule has 134 valence electrons. The predicted octanol–water partition coefficient (Wildman–Crippen LogP) is 2.71.